The smallest absolute Gasteiger partial charge is 0.310 e. The summed E-state index contributed by atoms with van der Waals surface area (Å²) in [4.78, 5) is 24.4. The number of carboxylic acid groups (broad SMARTS) is 1. The average Bonchev–Trinajstić information content (AvgIpc) is 3.14. The van der Waals surface area contributed by atoms with E-state index < -0.39 is 11.9 Å². The minimum atomic E-state index is -0.866. The zero-order valence-corrected chi connectivity index (χ0v) is 20.6. The van der Waals surface area contributed by atoms with E-state index in [2.05, 4.69) is 15.6 Å². The molecule has 1 unspecified atom stereocenters. The van der Waals surface area contributed by atoms with E-state index in [-0.39, 0.29) is 17.4 Å². The van der Waals surface area contributed by atoms with Crippen molar-refractivity contribution >= 4 is 34.7 Å². The van der Waals surface area contributed by atoms with E-state index >= 15 is 0 Å². The molecule has 3 aromatic rings. The molecule has 1 heterocycles. The Kier molecular flexibility index (Phi) is 6.87. The summed E-state index contributed by atoms with van der Waals surface area (Å²) < 4.78 is 0. The summed E-state index contributed by atoms with van der Waals surface area (Å²) in [5.41, 5.74) is 8.56. The van der Waals surface area contributed by atoms with E-state index in [0.717, 1.165) is 16.7 Å². The van der Waals surface area contributed by atoms with Crippen LogP contribution in [0.4, 0.5) is 11.4 Å². The third-order valence-corrected chi connectivity index (χ3v) is 6.38. The molecule has 184 valence electrons. The van der Waals surface area contributed by atoms with Crippen LogP contribution in [0.3, 0.4) is 0 Å². The van der Waals surface area contributed by atoms with Gasteiger partial charge in [-0.3, -0.25) is 15.0 Å². The van der Waals surface area contributed by atoms with E-state index in [1.807, 2.05) is 39.0 Å². The fourth-order valence-corrected chi connectivity index (χ4v) is 4.09. The minimum absolute atomic E-state index is 0.0362. The van der Waals surface area contributed by atoms with Crippen LogP contribution in [0.15, 0.2) is 70.9 Å². The van der Waals surface area contributed by atoms with Crippen molar-refractivity contribution in [2.45, 2.75) is 40.0 Å². The largest absolute Gasteiger partial charge is 0.505 e. The van der Waals surface area contributed by atoms with Crippen LogP contribution >= 0.6 is 0 Å². The molecule has 0 spiro atoms. The number of nitrogens with one attached hydrogen (secondary N) is 1. The van der Waals surface area contributed by atoms with Crippen LogP contribution in [0.1, 0.15) is 42.9 Å². The van der Waals surface area contributed by atoms with Crippen molar-refractivity contribution in [3.63, 3.8) is 0 Å². The normalized spacial score (nSPS) is 15.2. The Morgan fingerprint density at radius 1 is 1.06 bits per heavy atom. The molecule has 0 aromatic heterocycles. The van der Waals surface area contributed by atoms with Crippen molar-refractivity contribution in [2.75, 3.05) is 10.4 Å². The van der Waals surface area contributed by atoms with Crippen LogP contribution < -0.4 is 10.4 Å². The van der Waals surface area contributed by atoms with E-state index in [1.165, 1.54) is 5.01 Å². The summed E-state index contributed by atoms with van der Waals surface area (Å²) in [5.74, 6) is -1.84. The van der Waals surface area contributed by atoms with Crippen molar-refractivity contribution < 1.29 is 19.8 Å². The van der Waals surface area contributed by atoms with Crippen LogP contribution in [0.25, 0.3) is 11.1 Å². The van der Waals surface area contributed by atoms with Gasteiger partial charge in [0.2, 0.25) is 0 Å². The van der Waals surface area contributed by atoms with Crippen LogP contribution in [-0.2, 0) is 9.59 Å². The topological polar surface area (TPSA) is 115 Å². The van der Waals surface area contributed by atoms with Gasteiger partial charge in [0.1, 0.15) is 5.75 Å². The van der Waals surface area contributed by atoms with Crippen LogP contribution in [-0.4, -0.2) is 33.5 Å². The van der Waals surface area contributed by atoms with Crippen molar-refractivity contribution in [1.82, 2.24) is 0 Å². The fourth-order valence-electron chi connectivity index (χ4n) is 4.09. The Labute approximate surface area is 209 Å². The van der Waals surface area contributed by atoms with E-state index in [1.54, 1.807) is 49.4 Å². The standard InChI is InChI=1S/C28H28N4O4/c1-5-22(28(35)36)19-10-12-20(13-11-19)23-7-6-8-24(26(23)33)29-30-25-18(4)31-32(27(25)34)21-14-9-16(2)17(3)15-21/h6-15,22,29,33H,5H2,1-4H3,(H,35,36). The molecular weight excluding hydrogens is 456 g/mol. The van der Waals surface area contributed by atoms with Gasteiger partial charge in [-0.05, 0) is 67.6 Å². The Bertz CT molecular complexity index is 1390. The Morgan fingerprint density at radius 2 is 1.78 bits per heavy atom. The number of amides is 1. The number of phenolic OH excluding ortho intramolecular Hbond substituents is 1. The molecule has 3 aromatic carbocycles. The maximum atomic E-state index is 13.0. The molecule has 1 aliphatic rings. The predicted octanol–water partition coefficient (Wildman–Crippen LogP) is 5.44. The molecule has 8 nitrogen and oxygen atoms in total. The number of carbonyl (C=O) groups excluding carboxylic acids is 1. The van der Waals surface area contributed by atoms with Crippen molar-refractivity contribution in [3.8, 4) is 16.9 Å². The number of aryl methyl sites for hydroxylation is 2. The van der Waals surface area contributed by atoms with Crippen molar-refractivity contribution in [2.24, 2.45) is 10.2 Å². The summed E-state index contributed by atoms with van der Waals surface area (Å²) in [5, 5.41) is 30.2. The number of phenols is 1. The Morgan fingerprint density at radius 3 is 2.42 bits per heavy atom. The second-order valence-electron chi connectivity index (χ2n) is 8.77. The number of hydrogen-bond donors (Lipinski definition) is 3. The molecule has 0 fully saturated rings. The molecule has 0 radical (unpaired) electrons. The van der Waals surface area contributed by atoms with Gasteiger partial charge in [0.05, 0.1) is 23.0 Å². The maximum Gasteiger partial charge on any atom is 0.310 e. The number of anilines is 2. The van der Waals surface area contributed by atoms with Crippen LogP contribution in [0.5, 0.6) is 5.75 Å². The van der Waals surface area contributed by atoms with E-state index in [9.17, 15) is 19.8 Å². The van der Waals surface area contributed by atoms with Gasteiger partial charge in [-0.2, -0.15) is 15.2 Å². The zero-order chi connectivity index (χ0) is 26.0. The van der Waals surface area contributed by atoms with Gasteiger partial charge < -0.3 is 10.2 Å². The Balaban J connectivity index is 1.56. The number of para-hydroxylation sites is 1. The first-order chi connectivity index (χ1) is 17.2. The molecule has 0 saturated heterocycles. The highest BCUT2D eigenvalue weighted by molar-refractivity contribution is 6.71. The summed E-state index contributed by atoms with van der Waals surface area (Å²) in [6.45, 7) is 7.52. The molecule has 36 heavy (non-hydrogen) atoms. The highest BCUT2D eigenvalue weighted by Gasteiger charge is 2.31. The van der Waals surface area contributed by atoms with Crippen molar-refractivity contribution in [1.29, 1.82) is 0 Å². The molecule has 1 aliphatic heterocycles. The Hall–Kier alpha value is -4.46. The number of carbonyl (C=O) groups is 2. The molecule has 8 heteroatoms. The lowest BCUT2D eigenvalue weighted by Crippen LogP contribution is -2.28. The van der Waals surface area contributed by atoms with Gasteiger partial charge in [-0.15, -0.1) is 0 Å². The zero-order valence-electron chi connectivity index (χ0n) is 20.6. The average molecular weight is 485 g/mol. The third-order valence-electron chi connectivity index (χ3n) is 6.38. The van der Waals surface area contributed by atoms with Crippen LogP contribution in [0.2, 0.25) is 0 Å². The molecule has 1 atom stereocenters. The van der Waals surface area contributed by atoms with Crippen LogP contribution in [0, 0.1) is 13.8 Å². The second kappa shape index (κ2) is 10.0. The SMILES string of the molecule is CCC(C(=O)O)c1ccc(-c2cccc(NN=C3C(=O)N(c4ccc(C)c(C)c4)N=C3C)c2O)cc1. The summed E-state index contributed by atoms with van der Waals surface area (Å²) in [7, 11) is 0. The van der Waals surface area contributed by atoms with E-state index in [4.69, 9.17) is 0 Å². The number of hydrazone groups is 2. The fraction of sp³-hybridized carbons (Fsp3) is 0.214. The number of hydrogen-bond acceptors (Lipinski definition) is 6. The first-order valence-corrected chi connectivity index (χ1v) is 11.7. The van der Waals surface area contributed by atoms with Gasteiger partial charge in [-0.1, -0.05) is 49.4 Å². The minimum Gasteiger partial charge on any atom is -0.505 e. The van der Waals surface area contributed by atoms with Gasteiger partial charge in [0, 0.05) is 5.56 Å². The molecular formula is C28H28N4O4. The number of rotatable bonds is 7. The molecule has 1 amide bonds. The number of carboxylic acids is 1. The summed E-state index contributed by atoms with van der Waals surface area (Å²) >= 11 is 0. The lowest BCUT2D eigenvalue weighted by atomic mass is 9.94. The first kappa shape index (κ1) is 24.7. The van der Waals surface area contributed by atoms with Gasteiger partial charge in [0.25, 0.3) is 0 Å². The quantitative estimate of drug-likeness (QED) is 0.305. The monoisotopic (exact) mass is 484 g/mol. The maximum absolute atomic E-state index is 13.0. The summed E-state index contributed by atoms with van der Waals surface area (Å²) in [6, 6.07) is 17.9. The first-order valence-electron chi connectivity index (χ1n) is 11.7. The molecule has 0 saturated carbocycles. The van der Waals surface area contributed by atoms with Gasteiger partial charge >= 0.3 is 11.9 Å². The number of benzene rings is 3. The van der Waals surface area contributed by atoms with Gasteiger partial charge in [0.15, 0.2) is 5.71 Å². The summed E-state index contributed by atoms with van der Waals surface area (Å²) in [6.07, 6.45) is 0.488. The molecule has 0 bridgehead atoms. The van der Waals surface area contributed by atoms with E-state index in [0.29, 0.717) is 34.6 Å². The molecule has 0 aliphatic carbocycles. The molecule has 4 rings (SSSR count). The highest BCUT2D eigenvalue weighted by Crippen LogP contribution is 2.36. The lowest BCUT2D eigenvalue weighted by Gasteiger charge is -2.13. The van der Waals surface area contributed by atoms with Crippen molar-refractivity contribution in [3.05, 3.63) is 77.4 Å². The predicted molar refractivity (Wildman–Crippen MR) is 142 cm³/mol. The molecule has 3 N–H and O–H groups in total. The number of nitrogens with zero attached hydrogens (tertiary/aromatic N) is 3. The van der Waals surface area contributed by atoms with Gasteiger partial charge in [-0.25, -0.2) is 0 Å². The second-order valence-corrected chi connectivity index (χ2v) is 8.77. The number of aromatic hydroxyl groups is 1. The third kappa shape index (κ3) is 4.70. The lowest BCUT2D eigenvalue weighted by molar-refractivity contribution is -0.138. The highest BCUT2D eigenvalue weighted by atomic mass is 16.4. The number of aliphatic carboxylic acids is 1.